The highest BCUT2D eigenvalue weighted by atomic mass is 32.2. The minimum atomic E-state index is -0.609. The molecule has 1 saturated heterocycles. The lowest BCUT2D eigenvalue weighted by atomic mass is 10.1. The SMILES string of the molecule is COC1CN(c2cc(SCCC=O)c(N(C)C)cn2)C1.NC(=O)c1ncn(Cc2ccccc2)n1. The number of hydrogen-bond donors (Lipinski definition) is 1. The summed E-state index contributed by atoms with van der Waals surface area (Å²) < 4.78 is 6.87. The quantitative estimate of drug-likeness (QED) is 0.255. The molecule has 1 amide bonds. The Bertz CT molecular complexity index is 1100. The summed E-state index contributed by atoms with van der Waals surface area (Å²) in [7, 11) is 5.75. The van der Waals surface area contributed by atoms with Crippen LogP contribution in [0.25, 0.3) is 0 Å². The number of carbonyl (C=O) groups is 2. The number of carbonyl (C=O) groups excluding carboxylic acids is 2. The molecule has 0 aliphatic carbocycles. The minimum absolute atomic E-state index is 0.0472. The van der Waals surface area contributed by atoms with Gasteiger partial charge in [0.05, 0.1) is 24.5 Å². The second kappa shape index (κ2) is 12.9. The number of nitrogens with two attached hydrogens (primary N) is 1. The largest absolute Gasteiger partial charge is 0.378 e. The van der Waals surface area contributed by atoms with Crippen molar-refractivity contribution in [3.63, 3.8) is 0 Å². The van der Waals surface area contributed by atoms with Crippen LogP contribution in [0, 0.1) is 0 Å². The van der Waals surface area contributed by atoms with E-state index in [1.165, 1.54) is 11.2 Å². The molecule has 35 heavy (non-hydrogen) atoms. The van der Waals surface area contributed by atoms with Gasteiger partial charge in [0, 0.05) is 51.4 Å². The van der Waals surface area contributed by atoms with Gasteiger partial charge in [-0.15, -0.1) is 16.9 Å². The zero-order chi connectivity index (χ0) is 25.2. The molecule has 2 N–H and O–H groups in total. The zero-order valence-corrected chi connectivity index (χ0v) is 21.0. The van der Waals surface area contributed by atoms with Gasteiger partial charge in [-0.3, -0.25) is 4.79 Å². The molecular formula is C24H31N7O3S. The van der Waals surface area contributed by atoms with Crippen molar-refractivity contribution in [2.45, 2.75) is 24.0 Å². The van der Waals surface area contributed by atoms with E-state index in [0.29, 0.717) is 19.1 Å². The average molecular weight is 498 g/mol. The number of benzene rings is 1. The normalized spacial score (nSPS) is 12.9. The monoisotopic (exact) mass is 497 g/mol. The van der Waals surface area contributed by atoms with Crippen LogP contribution in [0.1, 0.15) is 22.6 Å². The smallest absolute Gasteiger partial charge is 0.288 e. The molecule has 0 atom stereocenters. The summed E-state index contributed by atoms with van der Waals surface area (Å²) in [6, 6.07) is 11.9. The van der Waals surface area contributed by atoms with Gasteiger partial charge in [0.2, 0.25) is 5.82 Å². The lowest BCUT2D eigenvalue weighted by molar-refractivity contribution is -0.107. The van der Waals surface area contributed by atoms with Gasteiger partial charge in [-0.05, 0) is 11.6 Å². The maximum Gasteiger partial charge on any atom is 0.288 e. The first kappa shape index (κ1) is 26.2. The number of methoxy groups -OCH3 is 1. The van der Waals surface area contributed by atoms with Crippen LogP contribution in [0.15, 0.2) is 53.8 Å². The van der Waals surface area contributed by atoms with Crippen LogP contribution in [0.5, 0.6) is 0 Å². The maximum atomic E-state index is 10.8. The first-order valence-corrected chi connectivity index (χ1v) is 12.1. The molecule has 0 radical (unpaired) electrons. The molecule has 1 aliphatic heterocycles. The molecule has 1 aromatic carbocycles. The van der Waals surface area contributed by atoms with Crippen LogP contribution in [-0.2, 0) is 16.1 Å². The van der Waals surface area contributed by atoms with Gasteiger partial charge in [0.1, 0.15) is 18.4 Å². The Morgan fingerprint density at radius 1 is 1.26 bits per heavy atom. The summed E-state index contributed by atoms with van der Waals surface area (Å²) in [6.45, 7) is 2.37. The van der Waals surface area contributed by atoms with Crippen LogP contribution in [0.3, 0.4) is 0 Å². The van der Waals surface area contributed by atoms with Crippen LogP contribution in [0.4, 0.5) is 11.5 Å². The number of aromatic nitrogens is 4. The van der Waals surface area contributed by atoms with Crippen molar-refractivity contribution in [1.29, 1.82) is 0 Å². The van der Waals surface area contributed by atoms with E-state index in [1.807, 2.05) is 55.5 Å². The Morgan fingerprint density at radius 2 is 2.00 bits per heavy atom. The van der Waals surface area contributed by atoms with E-state index in [1.54, 1.807) is 23.6 Å². The van der Waals surface area contributed by atoms with Crippen LogP contribution in [0.2, 0.25) is 0 Å². The molecule has 0 saturated carbocycles. The third-order valence-corrected chi connectivity index (χ3v) is 6.33. The number of thioether (sulfide) groups is 1. The average Bonchev–Trinajstić information content (AvgIpc) is 3.29. The van der Waals surface area contributed by atoms with E-state index in [0.717, 1.165) is 42.2 Å². The highest BCUT2D eigenvalue weighted by molar-refractivity contribution is 7.99. The molecule has 2 aromatic heterocycles. The van der Waals surface area contributed by atoms with Crippen molar-refractivity contribution >= 4 is 35.5 Å². The summed E-state index contributed by atoms with van der Waals surface area (Å²) in [4.78, 5) is 34.9. The standard InChI is InChI=1S/C14H21N3O2S.C10H10N4O/c1-16(2)12-8-15-14(17-9-11(10-17)19-3)7-13(12)20-6-4-5-18;11-9(15)10-12-7-14(13-10)6-8-4-2-1-3-5-8/h5,7-8,11H,4,6,9-10H2,1-3H3;1-5,7H,6H2,(H2,11,15). The molecule has 0 spiro atoms. The number of amides is 1. The van der Waals surface area contributed by atoms with E-state index in [2.05, 4.69) is 26.0 Å². The van der Waals surface area contributed by atoms with E-state index in [4.69, 9.17) is 10.5 Å². The predicted molar refractivity (Wildman–Crippen MR) is 137 cm³/mol. The third kappa shape index (κ3) is 7.52. The number of aldehydes is 1. The summed E-state index contributed by atoms with van der Waals surface area (Å²) >= 11 is 1.70. The van der Waals surface area contributed by atoms with Gasteiger partial charge in [0.15, 0.2) is 0 Å². The Kier molecular flexibility index (Phi) is 9.62. The molecule has 4 rings (SSSR count). The molecule has 3 aromatic rings. The lowest BCUT2D eigenvalue weighted by Crippen LogP contribution is -2.52. The highest BCUT2D eigenvalue weighted by Gasteiger charge is 2.28. The molecule has 1 aliphatic rings. The highest BCUT2D eigenvalue weighted by Crippen LogP contribution is 2.33. The Morgan fingerprint density at radius 3 is 2.60 bits per heavy atom. The van der Waals surface area contributed by atoms with Gasteiger partial charge < -0.3 is 25.1 Å². The fourth-order valence-corrected chi connectivity index (χ4v) is 4.30. The van der Waals surface area contributed by atoms with Crippen molar-refractivity contribution in [3.05, 3.63) is 60.3 Å². The van der Waals surface area contributed by atoms with Gasteiger partial charge in [-0.1, -0.05) is 30.3 Å². The molecule has 0 bridgehead atoms. The van der Waals surface area contributed by atoms with Gasteiger partial charge in [-0.25, -0.2) is 14.6 Å². The first-order valence-electron chi connectivity index (χ1n) is 11.2. The van der Waals surface area contributed by atoms with Gasteiger partial charge in [-0.2, -0.15) is 0 Å². The number of hydrogen-bond acceptors (Lipinski definition) is 9. The first-order chi connectivity index (χ1) is 16.9. The van der Waals surface area contributed by atoms with Crippen molar-refractivity contribution in [2.24, 2.45) is 5.73 Å². The number of pyridine rings is 1. The van der Waals surface area contributed by atoms with E-state index in [9.17, 15) is 9.59 Å². The Labute approximate surface area is 209 Å². The molecule has 11 heteroatoms. The number of nitrogens with zero attached hydrogens (tertiary/aromatic N) is 6. The topological polar surface area (TPSA) is 119 Å². The number of anilines is 2. The van der Waals surface area contributed by atoms with Crippen molar-refractivity contribution in [3.8, 4) is 0 Å². The molecule has 10 nitrogen and oxygen atoms in total. The number of rotatable bonds is 10. The van der Waals surface area contributed by atoms with E-state index < -0.39 is 5.91 Å². The van der Waals surface area contributed by atoms with Gasteiger partial charge in [0.25, 0.3) is 5.91 Å². The fraction of sp³-hybridized carbons (Fsp3) is 0.375. The van der Waals surface area contributed by atoms with Crippen molar-refractivity contribution in [1.82, 2.24) is 19.7 Å². The van der Waals surface area contributed by atoms with Crippen molar-refractivity contribution < 1.29 is 14.3 Å². The summed E-state index contributed by atoms with van der Waals surface area (Å²) in [5, 5.41) is 3.94. The van der Waals surface area contributed by atoms with Crippen LogP contribution in [-0.4, -0.2) is 78.1 Å². The van der Waals surface area contributed by atoms with E-state index in [-0.39, 0.29) is 5.82 Å². The summed E-state index contributed by atoms with van der Waals surface area (Å²) in [6.07, 6.45) is 5.25. The number of ether oxygens (including phenoxy) is 1. The molecule has 1 fully saturated rings. The summed E-state index contributed by atoms with van der Waals surface area (Å²) in [5.74, 6) is 1.22. The second-order valence-electron chi connectivity index (χ2n) is 8.09. The zero-order valence-electron chi connectivity index (χ0n) is 20.2. The number of primary amides is 1. The van der Waals surface area contributed by atoms with Crippen LogP contribution >= 0.6 is 11.8 Å². The second-order valence-corrected chi connectivity index (χ2v) is 9.22. The predicted octanol–water partition coefficient (Wildman–Crippen LogP) is 2.09. The minimum Gasteiger partial charge on any atom is -0.378 e. The summed E-state index contributed by atoms with van der Waals surface area (Å²) in [5.41, 5.74) is 7.23. The Balaban J connectivity index is 0.000000203. The third-order valence-electron chi connectivity index (χ3n) is 5.26. The molecule has 0 unspecified atom stereocenters. The molecule has 3 heterocycles. The lowest BCUT2D eigenvalue weighted by Gasteiger charge is -2.39. The molecular weight excluding hydrogens is 466 g/mol. The fourth-order valence-electron chi connectivity index (χ4n) is 3.29. The van der Waals surface area contributed by atoms with E-state index >= 15 is 0 Å². The molecule has 186 valence electrons. The van der Waals surface area contributed by atoms with Crippen molar-refractivity contribution in [2.75, 3.05) is 49.8 Å². The maximum absolute atomic E-state index is 10.8. The van der Waals surface area contributed by atoms with Gasteiger partial charge >= 0.3 is 0 Å². The van der Waals surface area contributed by atoms with Crippen LogP contribution < -0.4 is 15.5 Å². The Hall–Kier alpha value is -3.44.